The second-order valence-electron chi connectivity index (χ2n) is 0.715. The van der Waals surface area contributed by atoms with Crippen molar-refractivity contribution in [1.82, 2.24) is 5.09 Å². The Bertz CT molecular complexity index is 65.2. The second-order valence-corrected chi connectivity index (χ2v) is 4.27. The number of nitrogens with one attached hydrogen (secondary N) is 1. The van der Waals surface area contributed by atoms with E-state index in [1.54, 1.807) is 0 Å². The molecule has 0 spiro atoms. The molecule has 0 saturated carbocycles. The van der Waals surface area contributed by atoms with Gasteiger partial charge in [0.05, 0.1) is 0 Å². The summed E-state index contributed by atoms with van der Waals surface area (Å²) in [5, 5.41) is 2.72. The Morgan fingerprint density at radius 3 is 2.83 bits per heavy atom. The number of nitrogens with zero attached hydrogens (tertiary/aromatic N) is 1. The maximum Gasteiger partial charge on any atom is 0.411 e. The van der Waals surface area contributed by atoms with Crippen LogP contribution in [0, 0.1) is 0 Å². The van der Waals surface area contributed by atoms with Crippen LogP contribution in [0.2, 0.25) is 0 Å². The fourth-order valence-corrected chi connectivity index (χ4v) is 2.43. The van der Waals surface area contributed by atoms with Gasteiger partial charge in [-0.05, 0) is 0 Å². The normalized spacial score (nSPS) is 8.67. The molecule has 0 amide bonds. The molecule has 0 atom stereocenters. The van der Waals surface area contributed by atoms with E-state index in [1.807, 2.05) is 0 Å². The zero-order chi connectivity index (χ0) is 4.83. The van der Waals surface area contributed by atoms with Crippen LogP contribution in [0.1, 0.15) is 0 Å². The molecule has 0 saturated heterocycles. The Morgan fingerprint density at radius 2 is 2.67 bits per heavy atom. The van der Waals surface area contributed by atoms with Gasteiger partial charge in [0.2, 0.25) is 0 Å². The highest BCUT2D eigenvalue weighted by atomic mass is 29.1. The molecule has 0 rings (SSSR count). The monoisotopic (exact) mass is 134 g/mol. The summed E-state index contributed by atoms with van der Waals surface area (Å²) in [6, 6.07) is 0. The van der Waals surface area contributed by atoms with Gasteiger partial charge in [0, 0.05) is 9.76 Å². The van der Waals surface area contributed by atoms with Gasteiger partial charge in [0.25, 0.3) is 0 Å². The minimum Gasteiger partial charge on any atom is -0.346 e. The van der Waals surface area contributed by atoms with Crippen LogP contribution in [0.4, 0.5) is 0 Å². The van der Waals surface area contributed by atoms with Gasteiger partial charge in [-0.3, -0.25) is 4.46 Å². The average Bonchev–Trinajstić information content (AvgIpc) is 1.61. The Labute approximate surface area is 43.2 Å². The minimum atomic E-state index is -0.515. The number of rotatable bonds is 2. The summed E-state index contributed by atoms with van der Waals surface area (Å²) in [5.41, 5.74) is 0. The molecule has 0 aliphatic heterocycles. The van der Waals surface area contributed by atoms with Gasteiger partial charge in [-0.1, -0.05) is 0 Å². The van der Waals surface area contributed by atoms with Crippen molar-refractivity contribution in [1.29, 1.82) is 0 Å². The van der Waals surface area contributed by atoms with Gasteiger partial charge in [0.15, 0.2) is 0 Å². The number of hydrogen-bond donors (Lipinski definition) is 1. The van der Waals surface area contributed by atoms with Gasteiger partial charge < -0.3 is 5.09 Å². The van der Waals surface area contributed by atoms with Gasteiger partial charge in [-0.25, -0.2) is 0 Å². The number of hydrogen-bond acceptors (Lipinski definition) is 3. The first kappa shape index (κ1) is 6.05. The quantitative estimate of drug-likeness (QED) is 0.325. The molecule has 6 heavy (non-hydrogen) atoms. The van der Waals surface area contributed by atoms with Crippen LogP contribution < -0.4 is 5.09 Å². The maximum atomic E-state index is 9.53. The first-order valence-electron chi connectivity index (χ1n) is 1.71. The summed E-state index contributed by atoms with van der Waals surface area (Å²) >= 11 is 0. The van der Waals surface area contributed by atoms with Crippen LogP contribution in [0.15, 0.2) is 4.74 Å². The molecule has 0 heterocycles. The van der Waals surface area contributed by atoms with Crippen molar-refractivity contribution in [2.24, 2.45) is 4.74 Å². The molecule has 0 aliphatic rings. The molecule has 0 bridgehead atoms. The summed E-state index contributed by atoms with van der Waals surface area (Å²) in [6.07, 6.45) is 0. The van der Waals surface area contributed by atoms with Gasteiger partial charge in [0.1, 0.15) is 9.20 Å². The van der Waals surface area contributed by atoms with E-state index in [2.05, 4.69) is 9.83 Å². The fourth-order valence-electron chi connectivity index (χ4n) is 0.111. The first-order chi connectivity index (χ1) is 2.91. The topological polar surface area (TPSA) is 41.5 Å². The molecular weight excluding hydrogens is 128 g/mol. The Kier molecular flexibility index (Phi) is 5.09. The maximum absolute atomic E-state index is 9.53. The molecule has 0 aromatic carbocycles. The molecule has 3 nitrogen and oxygen atoms in total. The lowest BCUT2D eigenvalue weighted by atomic mass is 13.0. The van der Waals surface area contributed by atoms with E-state index in [9.17, 15) is 4.46 Å². The Balaban J connectivity index is 2.86. The van der Waals surface area contributed by atoms with Crippen LogP contribution >= 0.6 is 0 Å². The molecule has 0 fully saturated rings. The zero-order valence-electron chi connectivity index (χ0n) is 3.56. The Morgan fingerprint density at radius 1 is 2.00 bits per heavy atom. The first-order valence-corrected chi connectivity index (χ1v) is 8.93. The molecule has 0 aromatic heterocycles. The zero-order valence-corrected chi connectivity index (χ0v) is 7.98. The lowest BCUT2D eigenvalue weighted by molar-refractivity contribution is 0.581. The Hall–Kier alpha value is 0.0506. The van der Waals surface area contributed by atoms with Crippen LogP contribution in [0.5, 0.6) is 0 Å². The van der Waals surface area contributed by atoms with Crippen molar-refractivity contribution < 1.29 is 4.46 Å². The summed E-state index contributed by atoms with van der Waals surface area (Å²) < 4.78 is 12.9. The molecule has 0 unspecified atom stereocenters. The predicted molar refractivity (Wildman–Crippen MR) is 30.5 cm³/mol. The molecule has 0 aromatic rings. The van der Waals surface area contributed by atoms with E-state index in [0.29, 0.717) is 0 Å². The third kappa shape index (κ3) is 4.05. The van der Waals surface area contributed by atoms with E-state index < -0.39 is 9.20 Å². The van der Waals surface area contributed by atoms with Crippen LogP contribution in [-0.4, -0.2) is 28.2 Å². The van der Waals surface area contributed by atoms with Crippen LogP contribution in [0.3, 0.4) is 0 Å². The lowest BCUT2D eigenvalue weighted by Gasteiger charge is -1.80. The van der Waals surface area contributed by atoms with Crippen LogP contribution in [0.25, 0.3) is 0 Å². The van der Waals surface area contributed by atoms with Gasteiger partial charge in [-0.15, -0.1) is 0 Å². The predicted octanol–water partition coefficient (Wildman–Crippen LogP) is -2.91. The van der Waals surface area contributed by atoms with E-state index in [0.717, 1.165) is 0 Å². The highest BCUT2D eigenvalue weighted by Crippen LogP contribution is 1.36. The van der Waals surface area contributed by atoms with Gasteiger partial charge >= 0.3 is 9.20 Å². The van der Waals surface area contributed by atoms with Crippen molar-refractivity contribution >= 4 is 28.2 Å². The van der Waals surface area contributed by atoms with Crippen molar-refractivity contribution in [3.05, 3.63) is 0 Å². The van der Waals surface area contributed by atoms with E-state index in [4.69, 9.17) is 0 Å². The largest absolute Gasteiger partial charge is 0.411 e. The summed E-state index contributed by atoms with van der Waals surface area (Å²) in [7, 11) is 0.620. The molecule has 6 heteroatoms. The third-order valence-corrected chi connectivity index (χ3v) is 2.27. The summed E-state index contributed by atoms with van der Waals surface area (Å²) in [4.78, 5) is 0. The fraction of sp³-hybridized carbons (Fsp3) is 0. The van der Waals surface area contributed by atoms with Crippen molar-refractivity contribution in [3.63, 3.8) is 0 Å². The average molecular weight is 134 g/mol. The second kappa shape index (κ2) is 5.05. The minimum absolute atomic E-state index is 0.0678. The van der Waals surface area contributed by atoms with Crippen LogP contribution in [-0.2, 0) is 4.46 Å². The van der Waals surface area contributed by atoms with Crippen molar-refractivity contribution in [3.8, 4) is 0 Å². The van der Waals surface area contributed by atoms with Crippen molar-refractivity contribution in [2.45, 2.75) is 0 Å². The van der Waals surface area contributed by atoms with Crippen molar-refractivity contribution in [2.75, 3.05) is 0 Å². The molecule has 0 aliphatic carbocycles. The standard InChI is InChI=1S/H6N2OSi3/c3-5-1-2-6-4/h2H,6H2,4H3. The molecule has 34 valence electrons. The lowest BCUT2D eigenvalue weighted by Crippen LogP contribution is -2.10. The highest BCUT2D eigenvalue weighted by Gasteiger charge is 1.62. The third-order valence-electron chi connectivity index (χ3n) is 0.283. The van der Waals surface area contributed by atoms with E-state index in [-0.39, 0.29) is 9.20 Å². The van der Waals surface area contributed by atoms with Gasteiger partial charge in [-0.2, -0.15) is 4.74 Å². The molecular formula is H6N2OSi3. The van der Waals surface area contributed by atoms with E-state index in [1.165, 1.54) is 9.76 Å². The smallest absolute Gasteiger partial charge is 0.346 e. The highest BCUT2D eigenvalue weighted by molar-refractivity contribution is 6.87. The molecule has 1 N–H and O–H groups in total. The summed E-state index contributed by atoms with van der Waals surface area (Å²) in [5.74, 6) is 0. The SMILES string of the molecule is O=[Si]=NN[SiH2][SiH3]. The van der Waals surface area contributed by atoms with E-state index >= 15 is 0 Å². The summed E-state index contributed by atoms with van der Waals surface area (Å²) in [6.45, 7) is 0. The molecule has 0 radical (unpaired) electrons.